The van der Waals surface area contributed by atoms with Crippen molar-refractivity contribution in [1.82, 2.24) is 19.9 Å². The van der Waals surface area contributed by atoms with E-state index in [9.17, 15) is 0 Å². The van der Waals surface area contributed by atoms with Crippen molar-refractivity contribution in [3.8, 4) is 41.8 Å². The smallest absolute Gasteiger partial charge is 0.369 e. The molecule has 14 aromatic rings. The lowest BCUT2D eigenvalue weighted by Gasteiger charge is -1.93. The zero-order chi connectivity index (χ0) is 76.9. The Morgan fingerprint density at radius 1 is 0.408 bits per heavy atom. The first kappa shape index (κ1) is 95.0. The number of methoxy groups -OCH3 is 2. The Morgan fingerprint density at radius 3 is 0.680 bits per heavy atom. The molecule has 8 aromatic heterocycles. The molecule has 0 aliphatic rings. The van der Waals surface area contributed by atoms with E-state index in [1.165, 1.54) is 119 Å². The first-order valence-corrected chi connectivity index (χ1v) is 39.9. The molecule has 8 heterocycles. The standard InChI is InChI=1S/4C14H11NS.2C6H5I.2C2H6O.CH2Cl2.2CH3NO2.CH5N.CH4O.BBr3/c4*1-10-8-15-9-14-12(10)7-13(16-14)11-5-3-2-4-6-11;2*7-6-4-2-1-3-5-6;2*1-3-2;2-1-3;2*1-2(3)4;2*1-2;2-1(3)4/h4*2-9H,1H3;2*1-5H;2*1-2H3;1H2;2*1H3;2H2,1H3;2H,1H3;. The van der Waals surface area contributed by atoms with E-state index in [0.29, 0.717) is 0 Å². The van der Waals surface area contributed by atoms with E-state index in [-0.39, 0.29) is 8.52 Å². The summed E-state index contributed by atoms with van der Waals surface area (Å²) in [6.07, 6.45) is 15.5. The van der Waals surface area contributed by atoms with Gasteiger partial charge < -0.3 is 20.3 Å². The van der Waals surface area contributed by atoms with Crippen LogP contribution in [0.3, 0.4) is 0 Å². The summed E-state index contributed by atoms with van der Waals surface area (Å²) in [5.41, 5.74) is 14.6. The fraction of sp³-hybridized carbons (Fsp3) is 0.169. The number of rotatable bonds is 4. The molecule has 3 N–H and O–H groups in total. The molecule has 0 saturated heterocycles. The van der Waals surface area contributed by atoms with Gasteiger partial charge in [-0.25, -0.2) is 0 Å². The second kappa shape index (κ2) is 58.2. The molecule has 0 bridgehead atoms. The summed E-state index contributed by atoms with van der Waals surface area (Å²) < 4.78 is 16.4. The van der Waals surface area contributed by atoms with Crippen LogP contribution in [-0.2, 0) is 9.47 Å². The topological polar surface area (TPSA) is 203 Å². The molecule has 6 aromatic carbocycles. The van der Waals surface area contributed by atoms with Gasteiger partial charge >= 0.3 is 3.18 Å². The van der Waals surface area contributed by atoms with Crippen LogP contribution in [-0.4, -0.2) is 100 Å². The van der Waals surface area contributed by atoms with E-state index in [0.717, 1.165) is 21.2 Å². The number of aryl methyl sites for hydroxylation is 4. The number of hydrogen-bond acceptors (Lipinski definition) is 16. The van der Waals surface area contributed by atoms with Gasteiger partial charge in [0, 0.05) is 122 Å². The SMILES string of the molecule is BrB(Br)Br.CN.CO.COC.COC.C[N+](=O)[O-].C[N+](=O)[O-].Cc1cncc2sc(-c3ccccc3)cc12.Cc1cncc2sc(-c3ccccc3)cc12.Cc1cncc2sc(-c3ccccc3)cc12.Cc1cncc2sc(-c3ccccc3)cc12.ClCCl.Ic1ccccc1.Ic1ccccc1. The van der Waals surface area contributed by atoms with Gasteiger partial charge in [0.1, 0.15) is 0 Å². The summed E-state index contributed by atoms with van der Waals surface area (Å²) in [6, 6.07) is 71.4. The number of aliphatic hydroxyl groups excluding tert-OH is 1. The molecule has 0 saturated carbocycles. The molecule has 0 aliphatic heterocycles. The van der Waals surface area contributed by atoms with Gasteiger partial charge in [0.15, 0.2) is 14.1 Å². The number of benzene rings is 6. The van der Waals surface area contributed by atoms with Crippen molar-refractivity contribution in [1.29, 1.82) is 0 Å². The number of nitrogens with zero attached hydrogens (tertiary/aromatic N) is 6. The van der Waals surface area contributed by atoms with E-state index in [2.05, 4.69) is 301 Å². The number of hydrogen-bond donors (Lipinski definition) is 2. The number of pyridine rings is 4. The molecule has 14 nitrogen and oxygen atoms in total. The van der Waals surface area contributed by atoms with Crippen LogP contribution in [0.4, 0.5) is 0 Å². The van der Waals surface area contributed by atoms with Gasteiger partial charge in [-0.3, -0.25) is 40.2 Å². The lowest BCUT2D eigenvalue weighted by Crippen LogP contribution is -1.79. The number of fused-ring (bicyclic) bond motifs is 4. The summed E-state index contributed by atoms with van der Waals surface area (Å²) >= 11 is 30.6. The lowest BCUT2D eigenvalue weighted by molar-refractivity contribution is -0.445. The fourth-order valence-electron chi connectivity index (χ4n) is 8.19. The van der Waals surface area contributed by atoms with Crippen LogP contribution in [0.2, 0.25) is 0 Å². The minimum absolute atomic E-state index is 0.194. The Morgan fingerprint density at radius 2 is 0.553 bits per heavy atom. The van der Waals surface area contributed by atoms with E-state index in [1.807, 2.05) is 110 Å². The molecule has 0 unspecified atom stereocenters. The molecule has 103 heavy (non-hydrogen) atoms. The fourth-order valence-corrected chi connectivity index (χ4v) is 13.5. The molecule has 0 radical (unpaired) electrons. The van der Waals surface area contributed by atoms with Gasteiger partial charge in [-0.15, -0.1) is 116 Å². The number of nitro groups is 2. The van der Waals surface area contributed by atoms with Crippen molar-refractivity contribution in [3.63, 3.8) is 0 Å². The normalized spacial score (nSPS) is 9.29. The molecular weight excluding hydrogens is 1840 g/mol. The van der Waals surface area contributed by atoms with Gasteiger partial charge in [-0.2, -0.15) is 0 Å². The Kier molecular flexibility index (Phi) is 53.6. The maximum atomic E-state index is 8.81. The minimum atomic E-state index is -0.500. The highest BCUT2D eigenvalue weighted by atomic mass is 127. The largest absolute Gasteiger partial charge is 0.400 e. The summed E-state index contributed by atoms with van der Waals surface area (Å²) in [7, 11) is 10.8. The summed E-state index contributed by atoms with van der Waals surface area (Å²) in [5.74, 6) is 0. The zero-order valence-corrected chi connectivity index (χ0v) is 72.8. The Balaban J connectivity index is 0.000000589. The second-order valence-corrected chi connectivity index (χ2v) is 34.1. The number of thiophene rings is 4. The second-order valence-electron chi connectivity index (χ2n) is 20.0. The zero-order valence-electron chi connectivity index (χ0n) is 59.0. The van der Waals surface area contributed by atoms with Crippen LogP contribution in [0.5, 0.6) is 0 Å². The Bertz CT molecular complexity index is 3990. The van der Waals surface area contributed by atoms with E-state index >= 15 is 0 Å². The number of aromatic nitrogens is 4. The highest BCUT2D eigenvalue weighted by Gasteiger charge is 2.09. The summed E-state index contributed by atoms with van der Waals surface area (Å²) in [6.45, 7) is 8.43. The van der Waals surface area contributed by atoms with Crippen LogP contribution in [0.25, 0.3) is 82.1 Å². The maximum Gasteiger partial charge on any atom is 0.369 e. The molecule has 0 fully saturated rings. The number of alkyl halides is 2. The Labute approximate surface area is 684 Å². The van der Waals surface area contributed by atoms with Gasteiger partial charge in [0.25, 0.3) is 0 Å². The Hall–Kier alpha value is -6.06. The number of nitrogens with two attached hydrogens (primary N) is 1. The van der Waals surface area contributed by atoms with Crippen LogP contribution in [0.15, 0.2) is 256 Å². The van der Waals surface area contributed by atoms with Crippen molar-refractivity contribution in [3.05, 3.63) is 305 Å². The highest BCUT2D eigenvalue weighted by Crippen LogP contribution is 2.38. The molecule has 14 rings (SSSR count). The van der Waals surface area contributed by atoms with Crippen molar-refractivity contribution in [2.45, 2.75) is 27.7 Å². The molecule has 26 heteroatoms. The molecule has 0 atom stereocenters. The van der Waals surface area contributed by atoms with E-state index in [4.69, 9.17) is 48.5 Å². The predicted octanol–water partition coefficient (Wildman–Crippen LogP) is 24.7. The van der Waals surface area contributed by atoms with Gasteiger partial charge in [0.05, 0.1) is 24.1 Å². The minimum Gasteiger partial charge on any atom is -0.400 e. The van der Waals surface area contributed by atoms with Crippen LogP contribution >= 0.6 is 161 Å². The average molecular weight is 1920 g/mol. The van der Waals surface area contributed by atoms with Crippen LogP contribution in [0, 0.1) is 55.1 Å². The molecule has 0 aliphatic carbocycles. The quantitative estimate of drug-likeness (QED) is 0.0556. The monoisotopic (exact) mass is 1920 g/mol. The number of aliphatic hydroxyl groups is 1. The van der Waals surface area contributed by atoms with Crippen molar-refractivity contribution < 1.29 is 24.4 Å². The first-order valence-electron chi connectivity index (χ1n) is 30.6. The molecular formula is C77H83BBr3Cl2I2N7O7S4. The third-order valence-corrected chi connectivity index (χ3v) is 18.2. The van der Waals surface area contributed by atoms with Gasteiger partial charge in [-0.1, -0.05) is 158 Å². The molecule has 0 spiro atoms. The molecule has 0 amide bonds. The third kappa shape index (κ3) is 39.8. The average Bonchev–Trinajstić information content (AvgIpc) is 1.70. The number of ether oxygens (including phenoxy) is 2. The van der Waals surface area contributed by atoms with E-state index in [1.54, 1.807) is 73.8 Å². The lowest BCUT2D eigenvalue weighted by atomic mass is 10.1. The van der Waals surface area contributed by atoms with Crippen molar-refractivity contribution in [2.75, 3.05) is 62.0 Å². The van der Waals surface area contributed by atoms with Gasteiger partial charge in [0.2, 0.25) is 0 Å². The predicted molar refractivity (Wildman–Crippen MR) is 477 cm³/mol. The third-order valence-electron chi connectivity index (χ3n) is 12.3. The van der Waals surface area contributed by atoms with Crippen molar-refractivity contribution in [2.24, 2.45) is 5.73 Å². The summed E-state index contributed by atoms with van der Waals surface area (Å²) in [5, 5.41) is 30.1. The van der Waals surface area contributed by atoms with Crippen molar-refractivity contribution >= 4 is 205 Å². The highest BCUT2D eigenvalue weighted by molar-refractivity contribution is 14.1. The van der Waals surface area contributed by atoms with Gasteiger partial charge in [-0.05, 0) is 195 Å². The maximum absolute atomic E-state index is 8.81. The van der Waals surface area contributed by atoms with E-state index < -0.39 is 9.85 Å². The summed E-state index contributed by atoms with van der Waals surface area (Å²) in [4.78, 5) is 38.8. The number of halogens is 7. The first-order chi connectivity index (χ1) is 49.6. The van der Waals surface area contributed by atoms with Crippen LogP contribution in [0.1, 0.15) is 22.3 Å². The molecule has 544 valence electrons. The van der Waals surface area contributed by atoms with Crippen LogP contribution < -0.4 is 5.73 Å².